The Balaban J connectivity index is 0.00000432. The number of nitrogens with one attached hydrogen (secondary N) is 1. The predicted molar refractivity (Wildman–Crippen MR) is 121 cm³/mol. The van der Waals surface area contributed by atoms with E-state index >= 15 is 0 Å². The van der Waals surface area contributed by atoms with Gasteiger partial charge in [-0.2, -0.15) is 5.10 Å². The van der Waals surface area contributed by atoms with Crippen LogP contribution in [0.4, 0.5) is 8.78 Å². The number of rotatable bonds is 9. The topological polar surface area (TPSA) is 119 Å². The molecule has 1 heterocycles. The van der Waals surface area contributed by atoms with Gasteiger partial charge in [0.15, 0.2) is 5.78 Å². The maximum atomic E-state index is 13.4. The molecule has 1 unspecified atom stereocenters. The fourth-order valence-electron chi connectivity index (χ4n) is 3.29. The number of benzene rings is 2. The van der Waals surface area contributed by atoms with Crippen LogP contribution in [0, 0.1) is 0 Å². The Bertz CT molecular complexity index is 1320. The maximum Gasteiger partial charge on any atom is 1.00 e. The summed E-state index contributed by atoms with van der Waals surface area (Å²) in [6, 6.07) is 16.4. The number of Topliss-reactive ketones (excluding diaryl/α,β-unsaturated/α-hetero) is 1. The molecule has 3 rings (SSSR count). The van der Waals surface area contributed by atoms with Gasteiger partial charge in [0.25, 0.3) is 6.43 Å². The number of alkyl halides is 2. The standard InChI is InChI=1S/C23H22F2N3O5S.Na/c1-3-20(29)23(2,34(26,31)32)22(30)33-14-15-8-7-11-17(12-15)28-19(13-18(27-28)21(24)25)16-9-5-4-6-10-16;/h4-13,21H,3,14H2,1-2H3,(H-,26,31,32);/q-1;+1. The number of carbonyl (C=O) groups excluding carboxylic acids is 2. The van der Waals surface area contributed by atoms with Crippen LogP contribution in [0.5, 0.6) is 0 Å². The van der Waals surface area contributed by atoms with Crippen LogP contribution in [0.2, 0.25) is 0 Å². The average molecular weight is 513 g/mol. The molecule has 12 heteroatoms. The smallest absolute Gasteiger partial charge is 0.563 e. The zero-order valence-corrected chi connectivity index (χ0v) is 22.2. The molecule has 8 nitrogen and oxygen atoms in total. The SMILES string of the molecule is CCC(=O)C(C)(C(=O)OCc1cccc(-n2nc(C(F)F)cc2-c2ccccc2)c1)S([NH-])(=O)=O.[Na+]. The van der Waals surface area contributed by atoms with Crippen LogP contribution in [0.1, 0.15) is 38.0 Å². The van der Waals surface area contributed by atoms with Gasteiger partial charge in [0.05, 0.1) is 21.4 Å². The van der Waals surface area contributed by atoms with Gasteiger partial charge in [-0.25, -0.2) is 26.7 Å². The Morgan fingerprint density at radius 3 is 2.34 bits per heavy atom. The molecule has 0 saturated heterocycles. The fourth-order valence-corrected chi connectivity index (χ4v) is 4.02. The van der Waals surface area contributed by atoms with Gasteiger partial charge in [0, 0.05) is 12.0 Å². The Kier molecular flexibility index (Phi) is 9.49. The van der Waals surface area contributed by atoms with Crippen molar-refractivity contribution in [2.24, 2.45) is 0 Å². The van der Waals surface area contributed by atoms with E-state index in [4.69, 9.17) is 9.88 Å². The first-order valence-corrected chi connectivity index (χ1v) is 11.7. The van der Waals surface area contributed by atoms with E-state index in [1.54, 1.807) is 48.5 Å². The van der Waals surface area contributed by atoms with Gasteiger partial charge in [-0.15, -0.1) is 0 Å². The molecule has 0 amide bonds. The Morgan fingerprint density at radius 1 is 1.11 bits per heavy atom. The molecular weight excluding hydrogens is 491 g/mol. The molecular formula is C23H22F2N3NaO5S. The Labute approximate surface area is 223 Å². The summed E-state index contributed by atoms with van der Waals surface area (Å²) >= 11 is 0. The van der Waals surface area contributed by atoms with E-state index in [0.717, 1.165) is 6.92 Å². The predicted octanol–water partition coefficient (Wildman–Crippen LogP) is 1.64. The van der Waals surface area contributed by atoms with E-state index in [1.807, 2.05) is 0 Å². The normalized spacial score (nSPS) is 13.1. The summed E-state index contributed by atoms with van der Waals surface area (Å²) in [7, 11) is -4.83. The molecule has 0 radical (unpaired) electrons. The van der Waals surface area contributed by atoms with Gasteiger partial charge < -0.3 is 9.88 Å². The summed E-state index contributed by atoms with van der Waals surface area (Å²) in [6.07, 6.45) is -3.05. The number of hydrogen-bond acceptors (Lipinski definition) is 6. The number of aromatic nitrogens is 2. The van der Waals surface area contributed by atoms with Crippen LogP contribution < -0.4 is 29.6 Å². The molecule has 0 saturated carbocycles. The Morgan fingerprint density at radius 2 is 1.77 bits per heavy atom. The van der Waals surface area contributed by atoms with Crippen LogP contribution in [-0.2, 0) is 31.0 Å². The zero-order chi connectivity index (χ0) is 25.1. The van der Waals surface area contributed by atoms with Gasteiger partial charge >= 0.3 is 35.5 Å². The van der Waals surface area contributed by atoms with Crippen molar-refractivity contribution in [2.45, 2.75) is 38.0 Å². The molecule has 0 spiro atoms. The summed E-state index contributed by atoms with van der Waals surface area (Å²) in [6.45, 7) is 1.82. The minimum atomic E-state index is -4.83. The number of sulfonamides is 1. The molecule has 0 aliphatic heterocycles. The van der Waals surface area contributed by atoms with Crippen molar-refractivity contribution in [2.75, 3.05) is 0 Å². The largest absolute Gasteiger partial charge is 1.00 e. The number of ether oxygens (including phenoxy) is 1. The first-order chi connectivity index (χ1) is 16.0. The molecule has 0 bridgehead atoms. The van der Waals surface area contributed by atoms with E-state index in [-0.39, 0.29) is 36.0 Å². The maximum absolute atomic E-state index is 13.4. The van der Waals surface area contributed by atoms with Crippen molar-refractivity contribution in [3.8, 4) is 16.9 Å². The van der Waals surface area contributed by atoms with Crippen LogP contribution in [-0.4, -0.2) is 34.7 Å². The molecule has 0 aliphatic rings. The van der Waals surface area contributed by atoms with Crippen molar-refractivity contribution in [3.63, 3.8) is 0 Å². The molecule has 1 aromatic heterocycles. The Hall–Kier alpha value is -2.44. The number of carbonyl (C=O) groups is 2. The zero-order valence-electron chi connectivity index (χ0n) is 19.4. The number of esters is 1. The molecule has 0 aliphatic carbocycles. The van der Waals surface area contributed by atoms with E-state index in [1.165, 1.54) is 23.7 Å². The van der Waals surface area contributed by atoms with Gasteiger partial charge in [-0.3, -0.25) is 4.79 Å². The van der Waals surface area contributed by atoms with Crippen molar-refractivity contribution in [3.05, 3.63) is 77.1 Å². The number of halogens is 2. The third-order valence-corrected chi connectivity index (χ3v) is 6.80. The van der Waals surface area contributed by atoms with E-state index < -0.39 is 45.2 Å². The molecule has 35 heavy (non-hydrogen) atoms. The molecule has 2 aromatic carbocycles. The third-order valence-electron chi connectivity index (χ3n) is 5.33. The van der Waals surface area contributed by atoms with Crippen molar-refractivity contribution < 1.29 is 61.1 Å². The van der Waals surface area contributed by atoms with Gasteiger partial charge in [0.1, 0.15) is 12.3 Å². The number of hydrogen-bond donors (Lipinski definition) is 0. The summed E-state index contributed by atoms with van der Waals surface area (Å²) in [5, 5.41) is 11.3. The van der Waals surface area contributed by atoms with Crippen LogP contribution >= 0.6 is 0 Å². The quantitative estimate of drug-likeness (QED) is 0.244. The molecule has 3 aromatic rings. The van der Waals surface area contributed by atoms with Crippen molar-refractivity contribution in [1.82, 2.24) is 9.78 Å². The van der Waals surface area contributed by atoms with Gasteiger partial charge in [0.2, 0.25) is 4.75 Å². The third kappa shape index (κ3) is 6.04. The summed E-state index contributed by atoms with van der Waals surface area (Å²) in [5.74, 6) is -2.31. The second-order valence-corrected chi connectivity index (χ2v) is 9.42. The molecule has 1 atom stereocenters. The van der Waals surface area contributed by atoms with Gasteiger partial charge in [-0.05, 0) is 30.7 Å². The van der Waals surface area contributed by atoms with E-state index in [9.17, 15) is 26.8 Å². The van der Waals surface area contributed by atoms with Crippen molar-refractivity contribution >= 4 is 21.8 Å². The first-order valence-electron chi connectivity index (χ1n) is 10.2. The average Bonchev–Trinajstić information content (AvgIpc) is 3.27. The van der Waals surface area contributed by atoms with E-state index in [2.05, 4.69) is 5.10 Å². The molecule has 180 valence electrons. The van der Waals surface area contributed by atoms with Crippen LogP contribution in [0.25, 0.3) is 22.1 Å². The summed E-state index contributed by atoms with van der Waals surface area (Å²) < 4.78 is 54.2. The van der Waals surface area contributed by atoms with Gasteiger partial charge in [-0.1, -0.05) is 49.4 Å². The van der Waals surface area contributed by atoms with E-state index in [0.29, 0.717) is 22.5 Å². The molecule has 0 fully saturated rings. The second kappa shape index (κ2) is 11.5. The second-order valence-electron chi connectivity index (χ2n) is 7.59. The number of ketones is 1. The summed E-state index contributed by atoms with van der Waals surface area (Å²) in [4.78, 5) is 24.6. The summed E-state index contributed by atoms with van der Waals surface area (Å²) in [5.41, 5.74) is 1.47. The minimum absolute atomic E-state index is 0. The first kappa shape index (κ1) is 28.8. The number of nitrogens with zero attached hydrogens (tertiary/aromatic N) is 2. The molecule has 1 N–H and O–H groups in total. The van der Waals surface area contributed by atoms with Crippen LogP contribution in [0.15, 0.2) is 60.7 Å². The van der Waals surface area contributed by atoms with Crippen LogP contribution in [0.3, 0.4) is 0 Å². The monoisotopic (exact) mass is 513 g/mol. The fraction of sp³-hybridized carbons (Fsp3) is 0.261. The minimum Gasteiger partial charge on any atom is -0.563 e. The van der Waals surface area contributed by atoms with Crippen molar-refractivity contribution in [1.29, 1.82) is 0 Å².